The van der Waals surface area contributed by atoms with E-state index in [2.05, 4.69) is 15.4 Å². The molecule has 0 fully saturated rings. The minimum Gasteiger partial charge on any atom is -0.325 e. The van der Waals surface area contributed by atoms with Crippen LogP contribution < -0.4 is 21.2 Å². The van der Waals surface area contributed by atoms with Gasteiger partial charge in [-0.3, -0.25) is 14.2 Å². The van der Waals surface area contributed by atoms with Crippen molar-refractivity contribution in [3.63, 3.8) is 0 Å². The van der Waals surface area contributed by atoms with Crippen LogP contribution in [0.1, 0.15) is 12.5 Å². The number of primary sulfonamides is 2. The van der Waals surface area contributed by atoms with Crippen LogP contribution in [0.4, 0.5) is 5.69 Å². The summed E-state index contributed by atoms with van der Waals surface area (Å²) in [4.78, 5) is 29.5. The van der Waals surface area contributed by atoms with Crippen LogP contribution in [0.5, 0.6) is 0 Å². The van der Waals surface area contributed by atoms with Crippen molar-refractivity contribution in [2.75, 3.05) is 11.1 Å². The van der Waals surface area contributed by atoms with Gasteiger partial charge in [0.15, 0.2) is 10.8 Å². The standard InChI is InChI=1S/C21H18ClN7O6S3/c22-14-7-15(17(38(24,34)35)8-16(14)37(23,32)33)26-18(30)6-12-10-36-21-27-19-13(20(31)28(12)21)9-25-29(19)11-4-2-1-3-5-11/h1-5,7-9,12H,6,10H2,(H,26,30)(H2,23,32,33)(H2,24,34,35). The number of carbonyl (C=O) groups excluding carboxylic acids is 1. The smallest absolute Gasteiger partial charge is 0.265 e. The highest BCUT2D eigenvalue weighted by atomic mass is 35.5. The Morgan fingerprint density at radius 3 is 2.45 bits per heavy atom. The second-order valence-electron chi connectivity index (χ2n) is 8.28. The molecule has 3 heterocycles. The van der Waals surface area contributed by atoms with Gasteiger partial charge in [0.25, 0.3) is 5.56 Å². The summed E-state index contributed by atoms with van der Waals surface area (Å²) in [5.41, 5.74) is 0.412. The molecular weight excluding hydrogens is 578 g/mol. The molecule has 5 rings (SSSR count). The molecule has 0 bridgehead atoms. The third kappa shape index (κ3) is 4.81. The normalized spacial score (nSPS) is 15.5. The molecular formula is C21H18ClN7O6S3. The summed E-state index contributed by atoms with van der Waals surface area (Å²) in [6.07, 6.45) is 1.19. The topological polar surface area (TPSA) is 202 Å². The molecule has 0 radical (unpaired) electrons. The largest absolute Gasteiger partial charge is 0.325 e. The third-order valence-corrected chi connectivity index (χ3v) is 9.14. The molecule has 0 aliphatic carbocycles. The summed E-state index contributed by atoms with van der Waals surface area (Å²) < 4.78 is 50.6. The van der Waals surface area contributed by atoms with Crippen LogP contribution in [0, 0.1) is 0 Å². The molecule has 0 saturated carbocycles. The van der Waals surface area contributed by atoms with Crippen molar-refractivity contribution >= 4 is 66.0 Å². The van der Waals surface area contributed by atoms with E-state index in [4.69, 9.17) is 21.9 Å². The average Bonchev–Trinajstić information content (AvgIpc) is 3.43. The Morgan fingerprint density at radius 2 is 1.79 bits per heavy atom. The molecule has 4 aromatic rings. The van der Waals surface area contributed by atoms with Crippen LogP contribution in [0.3, 0.4) is 0 Å². The molecule has 1 unspecified atom stereocenters. The fraction of sp³-hybridized carbons (Fsp3) is 0.143. The van der Waals surface area contributed by atoms with Gasteiger partial charge >= 0.3 is 0 Å². The number of aromatic nitrogens is 4. The maximum atomic E-state index is 13.3. The predicted molar refractivity (Wildman–Crippen MR) is 140 cm³/mol. The number of nitrogens with one attached hydrogen (secondary N) is 1. The second kappa shape index (κ2) is 9.48. The van der Waals surface area contributed by atoms with Gasteiger partial charge < -0.3 is 5.32 Å². The number of thioether (sulfide) groups is 1. The molecule has 5 N–H and O–H groups in total. The van der Waals surface area contributed by atoms with Crippen molar-refractivity contribution in [2.45, 2.75) is 27.4 Å². The SMILES string of the molecule is NS(=O)(=O)c1cc(S(N)(=O)=O)c(NC(=O)CC2CSc3nc4c(cnn4-c4ccccc4)c(=O)n32)cc1Cl. The van der Waals surface area contributed by atoms with E-state index in [-0.39, 0.29) is 23.1 Å². The molecule has 0 saturated heterocycles. The molecule has 1 atom stereocenters. The van der Waals surface area contributed by atoms with Gasteiger partial charge in [-0.25, -0.2) is 36.8 Å². The number of nitrogens with zero attached hydrogens (tertiary/aromatic N) is 4. The second-order valence-corrected chi connectivity index (χ2v) is 12.7. The van der Waals surface area contributed by atoms with Crippen LogP contribution in [0.15, 0.2) is 68.4 Å². The summed E-state index contributed by atoms with van der Waals surface area (Å²) in [5.74, 6) is -0.312. The van der Waals surface area contributed by atoms with Crippen LogP contribution in [0.25, 0.3) is 16.7 Å². The summed E-state index contributed by atoms with van der Waals surface area (Å²) in [5, 5.41) is 17.3. The Hall–Kier alpha value is -3.28. The van der Waals surface area contributed by atoms with Gasteiger partial charge in [0.1, 0.15) is 15.2 Å². The number of halogens is 1. The zero-order valence-corrected chi connectivity index (χ0v) is 22.3. The number of anilines is 1. The Bertz CT molecular complexity index is 1890. The number of amides is 1. The highest BCUT2D eigenvalue weighted by Gasteiger charge is 2.30. The molecule has 198 valence electrons. The quantitative estimate of drug-likeness (QED) is 0.274. The van der Waals surface area contributed by atoms with Gasteiger partial charge in [-0.05, 0) is 24.3 Å². The number of hydrogen-bond acceptors (Lipinski definition) is 9. The first-order valence-electron chi connectivity index (χ1n) is 10.7. The van der Waals surface area contributed by atoms with Crippen LogP contribution in [-0.4, -0.2) is 47.8 Å². The Labute approximate surface area is 224 Å². The highest BCUT2D eigenvalue weighted by Crippen LogP contribution is 2.35. The first kappa shape index (κ1) is 26.3. The molecule has 2 aromatic carbocycles. The molecule has 0 spiro atoms. The Morgan fingerprint density at radius 1 is 1.11 bits per heavy atom. The minimum atomic E-state index is -4.48. The molecule has 38 heavy (non-hydrogen) atoms. The maximum Gasteiger partial charge on any atom is 0.265 e. The van der Waals surface area contributed by atoms with Gasteiger partial charge in [0, 0.05) is 12.2 Å². The number of hydrogen-bond donors (Lipinski definition) is 3. The van der Waals surface area contributed by atoms with Gasteiger partial charge in [0.2, 0.25) is 26.0 Å². The van der Waals surface area contributed by atoms with E-state index in [0.717, 1.165) is 11.8 Å². The van der Waals surface area contributed by atoms with Crippen LogP contribution >= 0.6 is 23.4 Å². The monoisotopic (exact) mass is 595 g/mol. The number of sulfonamides is 2. The van der Waals surface area contributed by atoms with Gasteiger partial charge in [0.05, 0.1) is 28.6 Å². The number of para-hydroxylation sites is 1. The number of nitrogens with two attached hydrogens (primary N) is 2. The van der Waals surface area contributed by atoms with Crippen LogP contribution in [0.2, 0.25) is 5.02 Å². The van der Waals surface area contributed by atoms with Crippen molar-refractivity contribution in [3.8, 4) is 5.69 Å². The number of carbonyl (C=O) groups is 1. The Kier molecular flexibility index (Phi) is 6.57. The molecule has 1 aliphatic rings. The van der Waals surface area contributed by atoms with Gasteiger partial charge in [-0.15, -0.1) is 0 Å². The maximum absolute atomic E-state index is 13.3. The molecule has 1 aliphatic heterocycles. The number of benzene rings is 2. The third-order valence-electron chi connectivity index (χ3n) is 5.71. The van der Waals surface area contributed by atoms with E-state index in [1.54, 1.807) is 4.68 Å². The minimum absolute atomic E-state index is 0.224. The lowest BCUT2D eigenvalue weighted by Gasteiger charge is -2.15. The van der Waals surface area contributed by atoms with Crippen molar-refractivity contribution in [1.29, 1.82) is 0 Å². The molecule has 1 amide bonds. The van der Waals surface area contributed by atoms with Gasteiger partial charge in [-0.1, -0.05) is 41.6 Å². The summed E-state index contributed by atoms with van der Waals surface area (Å²) >= 11 is 7.26. The van der Waals surface area contributed by atoms with E-state index >= 15 is 0 Å². The lowest BCUT2D eigenvalue weighted by molar-refractivity contribution is -0.116. The molecule has 13 nitrogen and oxygen atoms in total. The first-order valence-corrected chi connectivity index (χ1v) is 15.2. The first-order chi connectivity index (χ1) is 17.8. The highest BCUT2D eigenvalue weighted by molar-refractivity contribution is 7.99. The zero-order valence-electron chi connectivity index (χ0n) is 19.1. The molecule has 2 aromatic heterocycles. The average molecular weight is 596 g/mol. The lowest BCUT2D eigenvalue weighted by Crippen LogP contribution is -2.28. The summed E-state index contributed by atoms with van der Waals surface area (Å²) in [6, 6.07) is 10.2. The number of fused-ring (bicyclic) bond motifs is 2. The van der Waals surface area contributed by atoms with Crippen molar-refractivity contribution in [2.24, 2.45) is 10.3 Å². The van der Waals surface area contributed by atoms with Crippen molar-refractivity contribution < 1.29 is 21.6 Å². The molecule has 17 heteroatoms. The zero-order chi connectivity index (χ0) is 27.4. The number of rotatable bonds is 6. The summed E-state index contributed by atoms with van der Waals surface area (Å²) in [6.45, 7) is 0. The van der Waals surface area contributed by atoms with E-state index < -0.39 is 46.8 Å². The summed E-state index contributed by atoms with van der Waals surface area (Å²) in [7, 11) is -8.85. The van der Waals surface area contributed by atoms with E-state index in [9.17, 15) is 26.4 Å². The van der Waals surface area contributed by atoms with Crippen LogP contribution in [-0.2, 0) is 24.8 Å². The van der Waals surface area contributed by atoms with E-state index in [1.807, 2.05) is 30.3 Å². The van der Waals surface area contributed by atoms with E-state index in [0.29, 0.717) is 22.6 Å². The fourth-order valence-corrected chi connectivity index (χ4v) is 7.04. The van der Waals surface area contributed by atoms with Crippen molar-refractivity contribution in [3.05, 3.63) is 64.0 Å². The van der Waals surface area contributed by atoms with E-state index in [1.165, 1.54) is 22.5 Å². The van der Waals surface area contributed by atoms with Crippen molar-refractivity contribution in [1.82, 2.24) is 19.3 Å². The lowest BCUT2D eigenvalue weighted by atomic mass is 10.2. The fourth-order valence-electron chi connectivity index (χ4n) is 4.04. The predicted octanol–water partition coefficient (Wildman–Crippen LogP) is 1.21. The Balaban J connectivity index is 1.45. The van der Waals surface area contributed by atoms with Gasteiger partial charge in [-0.2, -0.15) is 5.10 Å².